The van der Waals surface area contributed by atoms with Gasteiger partial charge in [0.15, 0.2) is 0 Å². The number of benzene rings is 1. The zero-order chi connectivity index (χ0) is 16.9. The predicted octanol–water partition coefficient (Wildman–Crippen LogP) is 2.10. The van der Waals surface area contributed by atoms with Crippen molar-refractivity contribution in [3.8, 4) is 0 Å². The van der Waals surface area contributed by atoms with E-state index in [1.807, 2.05) is 6.92 Å². The van der Waals surface area contributed by atoms with Gasteiger partial charge in [-0.25, -0.2) is 9.67 Å². The van der Waals surface area contributed by atoms with Gasteiger partial charge in [0.2, 0.25) is 5.91 Å². The summed E-state index contributed by atoms with van der Waals surface area (Å²) in [6.45, 7) is 6.72. The van der Waals surface area contributed by atoms with Gasteiger partial charge in [-0.3, -0.25) is 9.69 Å². The maximum absolute atomic E-state index is 12.4. The number of rotatable bonds is 6. The first-order valence-electron chi connectivity index (χ1n) is 8.57. The molecule has 128 valence electrons. The zero-order valence-electron chi connectivity index (χ0n) is 14.4. The van der Waals surface area contributed by atoms with Crippen molar-refractivity contribution in [1.82, 2.24) is 25.0 Å². The molecule has 1 aliphatic rings. The van der Waals surface area contributed by atoms with Crippen LogP contribution in [-0.4, -0.2) is 45.2 Å². The third-order valence-corrected chi connectivity index (χ3v) is 4.73. The number of hydrogen-bond acceptors (Lipinski definition) is 4. The molecule has 1 aliphatic heterocycles. The second kappa shape index (κ2) is 7.57. The van der Waals surface area contributed by atoms with Gasteiger partial charge in [0.1, 0.15) is 18.7 Å². The molecule has 1 saturated heterocycles. The molecule has 0 spiro atoms. The Morgan fingerprint density at radius 1 is 1.25 bits per heavy atom. The minimum Gasteiger partial charge on any atom is -0.352 e. The third-order valence-electron chi connectivity index (χ3n) is 4.73. The van der Waals surface area contributed by atoms with E-state index < -0.39 is 0 Å². The molecule has 0 radical (unpaired) electrons. The number of likely N-dealkylation sites (tertiary alicyclic amines) is 1. The molecule has 6 nitrogen and oxygen atoms in total. The van der Waals surface area contributed by atoms with E-state index in [0.29, 0.717) is 6.54 Å². The Labute approximate surface area is 142 Å². The van der Waals surface area contributed by atoms with Gasteiger partial charge in [0.05, 0.1) is 6.04 Å². The molecule has 1 fully saturated rings. The van der Waals surface area contributed by atoms with Gasteiger partial charge in [0, 0.05) is 6.54 Å². The summed E-state index contributed by atoms with van der Waals surface area (Å²) < 4.78 is 1.58. The largest absolute Gasteiger partial charge is 0.352 e. The lowest BCUT2D eigenvalue weighted by Crippen LogP contribution is -2.39. The Hall–Kier alpha value is -2.21. The number of amides is 1. The smallest absolute Gasteiger partial charge is 0.244 e. The molecular formula is C18H25N5O. The van der Waals surface area contributed by atoms with Gasteiger partial charge < -0.3 is 5.32 Å². The van der Waals surface area contributed by atoms with Crippen LogP contribution in [0.1, 0.15) is 43.0 Å². The van der Waals surface area contributed by atoms with Crippen LogP contribution in [0.15, 0.2) is 36.9 Å². The number of hydrogen-bond donors (Lipinski definition) is 1. The van der Waals surface area contributed by atoms with Crippen LogP contribution in [0.3, 0.4) is 0 Å². The molecule has 0 saturated carbocycles. The van der Waals surface area contributed by atoms with Crippen molar-refractivity contribution in [1.29, 1.82) is 0 Å². The highest BCUT2D eigenvalue weighted by Crippen LogP contribution is 2.25. The average molecular weight is 327 g/mol. The van der Waals surface area contributed by atoms with Crippen molar-refractivity contribution in [3.05, 3.63) is 48.0 Å². The van der Waals surface area contributed by atoms with E-state index in [0.717, 1.165) is 13.1 Å². The standard InChI is InChI=1S/C18H25N5O/c1-14-5-7-16(8-6-14)17(22-9-3-4-10-22)11-20-18(24)15(2)23-13-19-12-21-23/h5-8,12-13,15,17H,3-4,9-11H2,1-2H3,(H,20,24)/t15-,17+/m0/s1. The fourth-order valence-electron chi connectivity index (χ4n) is 3.18. The van der Waals surface area contributed by atoms with Gasteiger partial charge in [0.25, 0.3) is 0 Å². The fourth-order valence-corrected chi connectivity index (χ4v) is 3.18. The lowest BCUT2D eigenvalue weighted by atomic mass is 10.0. The fraction of sp³-hybridized carbons (Fsp3) is 0.500. The van der Waals surface area contributed by atoms with Crippen molar-refractivity contribution in [2.24, 2.45) is 0 Å². The van der Waals surface area contributed by atoms with Crippen LogP contribution in [0.4, 0.5) is 0 Å². The number of nitrogens with zero attached hydrogens (tertiary/aromatic N) is 4. The van der Waals surface area contributed by atoms with Crippen molar-refractivity contribution in [3.63, 3.8) is 0 Å². The van der Waals surface area contributed by atoms with Crippen LogP contribution in [0.2, 0.25) is 0 Å². The monoisotopic (exact) mass is 327 g/mol. The maximum Gasteiger partial charge on any atom is 0.244 e. The number of aryl methyl sites for hydroxylation is 1. The van der Waals surface area contributed by atoms with E-state index in [1.165, 1.54) is 30.3 Å². The summed E-state index contributed by atoms with van der Waals surface area (Å²) in [5.41, 5.74) is 2.51. The Morgan fingerprint density at radius 3 is 2.58 bits per heavy atom. The highest BCUT2D eigenvalue weighted by molar-refractivity contribution is 5.79. The minimum absolute atomic E-state index is 0.0307. The molecule has 6 heteroatoms. The highest BCUT2D eigenvalue weighted by Gasteiger charge is 2.25. The summed E-state index contributed by atoms with van der Waals surface area (Å²) in [5.74, 6) is -0.0307. The number of carbonyl (C=O) groups is 1. The summed E-state index contributed by atoms with van der Waals surface area (Å²) >= 11 is 0. The quantitative estimate of drug-likeness (QED) is 0.882. The molecule has 1 aromatic carbocycles. The summed E-state index contributed by atoms with van der Waals surface area (Å²) in [6, 6.07) is 8.48. The first kappa shape index (κ1) is 16.6. The molecule has 2 atom stereocenters. The van der Waals surface area contributed by atoms with Gasteiger partial charge in [-0.15, -0.1) is 0 Å². The molecular weight excluding hydrogens is 302 g/mol. The lowest BCUT2D eigenvalue weighted by Gasteiger charge is -2.28. The maximum atomic E-state index is 12.4. The highest BCUT2D eigenvalue weighted by atomic mass is 16.2. The molecule has 24 heavy (non-hydrogen) atoms. The summed E-state index contributed by atoms with van der Waals surface area (Å²) in [4.78, 5) is 18.8. The van der Waals surface area contributed by atoms with Gasteiger partial charge in [-0.2, -0.15) is 5.10 Å². The van der Waals surface area contributed by atoms with Crippen LogP contribution in [0.25, 0.3) is 0 Å². The van der Waals surface area contributed by atoms with Gasteiger partial charge >= 0.3 is 0 Å². The Bertz CT molecular complexity index is 647. The summed E-state index contributed by atoms with van der Waals surface area (Å²) in [6.07, 6.45) is 5.47. The average Bonchev–Trinajstić information content (AvgIpc) is 3.29. The van der Waals surface area contributed by atoms with Gasteiger partial charge in [-0.05, 0) is 45.3 Å². The van der Waals surface area contributed by atoms with Crippen molar-refractivity contribution < 1.29 is 4.79 Å². The van der Waals surface area contributed by atoms with Crippen molar-refractivity contribution >= 4 is 5.91 Å². The van der Waals surface area contributed by atoms with E-state index in [4.69, 9.17) is 0 Å². The van der Waals surface area contributed by atoms with Crippen LogP contribution >= 0.6 is 0 Å². The predicted molar refractivity (Wildman–Crippen MR) is 92.5 cm³/mol. The van der Waals surface area contributed by atoms with E-state index in [2.05, 4.69) is 51.5 Å². The molecule has 0 bridgehead atoms. The summed E-state index contributed by atoms with van der Waals surface area (Å²) in [5, 5.41) is 7.14. The first-order valence-corrected chi connectivity index (χ1v) is 8.57. The number of carbonyl (C=O) groups excluding carboxylic acids is 1. The van der Waals surface area contributed by atoms with Crippen molar-refractivity contribution in [2.75, 3.05) is 19.6 Å². The van der Waals surface area contributed by atoms with E-state index in [-0.39, 0.29) is 18.0 Å². The molecule has 0 aliphatic carbocycles. The molecule has 1 amide bonds. The third kappa shape index (κ3) is 3.82. The van der Waals surface area contributed by atoms with Gasteiger partial charge in [-0.1, -0.05) is 29.8 Å². The normalized spacial score (nSPS) is 17.6. The molecule has 2 aromatic rings. The van der Waals surface area contributed by atoms with Crippen LogP contribution in [0.5, 0.6) is 0 Å². The topological polar surface area (TPSA) is 63.1 Å². The molecule has 3 rings (SSSR count). The van der Waals surface area contributed by atoms with Crippen LogP contribution < -0.4 is 5.32 Å². The zero-order valence-corrected chi connectivity index (χ0v) is 14.4. The lowest BCUT2D eigenvalue weighted by molar-refractivity contribution is -0.124. The second-order valence-corrected chi connectivity index (χ2v) is 6.47. The van der Waals surface area contributed by atoms with Crippen molar-refractivity contribution in [2.45, 2.75) is 38.8 Å². The molecule has 0 unspecified atom stereocenters. The van der Waals surface area contributed by atoms with E-state index >= 15 is 0 Å². The van der Waals surface area contributed by atoms with E-state index in [1.54, 1.807) is 11.0 Å². The van der Waals surface area contributed by atoms with E-state index in [9.17, 15) is 4.79 Å². The number of nitrogens with one attached hydrogen (secondary N) is 1. The Kier molecular flexibility index (Phi) is 5.25. The molecule has 1 N–H and O–H groups in total. The first-order chi connectivity index (χ1) is 11.6. The second-order valence-electron chi connectivity index (χ2n) is 6.47. The Balaban J connectivity index is 1.67. The minimum atomic E-state index is -0.357. The SMILES string of the molecule is Cc1ccc([C@@H](CNC(=O)[C@H](C)n2cncn2)N2CCCC2)cc1. The Morgan fingerprint density at radius 2 is 1.96 bits per heavy atom. The summed E-state index contributed by atoms with van der Waals surface area (Å²) in [7, 11) is 0. The molecule has 1 aromatic heterocycles. The number of aromatic nitrogens is 3. The van der Waals surface area contributed by atoms with Crippen LogP contribution in [0, 0.1) is 6.92 Å². The molecule has 2 heterocycles. The van der Waals surface area contributed by atoms with Crippen LogP contribution in [-0.2, 0) is 4.79 Å².